The van der Waals surface area contributed by atoms with Crippen molar-refractivity contribution in [3.63, 3.8) is 0 Å². The van der Waals surface area contributed by atoms with E-state index in [9.17, 15) is 10.1 Å². The molecule has 0 radical (unpaired) electrons. The molecule has 0 amide bonds. The van der Waals surface area contributed by atoms with E-state index in [0.717, 1.165) is 44.5 Å². The van der Waals surface area contributed by atoms with Crippen LogP contribution < -0.4 is 15.8 Å². The highest BCUT2D eigenvalue weighted by Gasteiger charge is 2.52. The summed E-state index contributed by atoms with van der Waals surface area (Å²) in [5.74, 6) is 0.451. The van der Waals surface area contributed by atoms with Crippen molar-refractivity contribution in [1.29, 1.82) is 5.26 Å². The Bertz CT molecular complexity index is 1360. The molecule has 2 aliphatic heterocycles. The van der Waals surface area contributed by atoms with E-state index >= 15 is 0 Å². The Morgan fingerprint density at radius 1 is 1.14 bits per heavy atom. The molecule has 182 valence electrons. The minimum atomic E-state index is -0.254. The normalized spacial score (nSPS) is 19.7. The van der Waals surface area contributed by atoms with Crippen LogP contribution in [0.5, 0.6) is 0 Å². The van der Waals surface area contributed by atoms with Crippen LogP contribution in [0.4, 0.5) is 17.3 Å². The number of nitrogens with one attached hydrogen (secondary N) is 1. The molecular weight excluding hydrogens is 438 g/mol. The van der Waals surface area contributed by atoms with E-state index in [1.165, 1.54) is 18.8 Å². The highest BCUT2D eigenvalue weighted by molar-refractivity contribution is 5.77. The molecule has 3 fully saturated rings. The SMILES string of the molecule is CC(C)N1CC2(CN(c3ccc(Nc4ncc5cc(C#N)c(=O)n(C6CCCC6)c5n4)cc3)C2)C1.[HH]. The lowest BCUT2D eigenvalue weighted by molar-refractivity contribution is -0.0411. The summed E-state index contributed by atoms with van der Waals surface area (Å²) in [5, 5.41) is 13.4. The lowest BCUT2D eigenvalue weighted by Gasteiger charge is -2.62. The Kier molecular flexibility index (Phi) is 5.26. The van der Waals surface area contributed by atoms with Crippen LogP contribution in [0.1, 0.15) is 52.6 Å². The lowest BCUT2D eigenvalue weighted by Crippen LogP contribution is -2.73. The number of anilines is 3. The van der Waals surface area contributed by atoms with Crippen molar-refractivity contribution < 1.29 is 1.43 Å². The van der Waals surface area contributed by atoms with E-state index in [0.29, 0.717) is 28.4 Å². The standard InChI is InChI=1S/C27H31N7O.H2/c1-18(2)32-14-27(15-32)16-33(17-27)22-9-7-21(8-10-22)30-26-29-13-20-11-19(12-28)25(35)34(24(20)31-26)23-5-3-4-6-23;/h7-11,13,18,23H,3-6,14-17H2,1-2H3,(H,29,30,31);1H. The fourth-order valence-electron chi connectivity index (χ4n) is 5.97. The zero-order chi connectivity index (χ0) is 24.2. The van der Waals surface area contributed by atoms with Crippen LogP contribution in [-0.2, 0) is 0 Å². The van der Waals surface area contributed by atoms with Crippen LogP contribution >= 0.6 is 0 Å². The van der Waals surface area contributed by atoms with E-state index < -0.39 is 0 Å². The number of likely N-dealkylation sites (tertiary alicyclic amines) is 1. The van der Waals surface area contributed by atoms with Crippen molar-refractivity contribution in [2.45, 2.75) is 51.6 Å². The molecule has 1 spiro atoms. The third-order valence-electron chi connectivity index (χ3n) is 7.93. The number of pyridine rings is 1. The predicted molar refractivity (Wildman–Crippen MR) is 139 cm³/mol. The fourth-order valence-corrected chi connectivity index (χ4v) is 5.97. The molecule has 2 aromatic heterocycles. The number of hydrogen-bond acceptors (Lipinski definition) is 7. The number of fused-ring (bicyclic) bond motifs is 1. The Morgan fingerprint density at radius 2 is 1.86 bits per heavy atom. The number of nitrogens with zero attached hydrogens (tertiary/aromatic N) is 6. The molecule has 6 rings (SSSR count). The summed E-state index contributed by atoms with van der Waals surface area (Å²) in [7, 11) is 0. The molecule has 8 nitrogen and oxygen atoms in total. The van der Waals surface area contributed by atoms with Crippen molar-refractivity contribution in [1.82, 2.24) is 19.4 Å². The summed E-state index contributed by atoms with van der Waals surface area (Å²) in [5.41, 5.74) is 3.12. The highest BCUT2D eigenvalue weighted by atomic mass is 16.1. The van der Waals surface area contributed by atoms with Gasteiger partial charge in [-0.2, -0.15) is 10.2 Å². The topological polar surface area (TPSA) is 90.1 Å². The van der Waals surface area contributed by atoms with E-state index in [4.69, 9.17) is 4.98 Å². The van der Waals surface area contributed by atoms with Gasteiger partial charge in [0.25, 0.3) is 5.56 Å². The Morgan fingerprint density at radius 3 is 2.51 bits per heavy atom. The monoisotopic (exact) mass is 471 g/mol. The van der Waals surface area contributed by atoms with Gasteiger partial charge in [0.2, 0.25) is 5.95 Å². The van der Waals surface area contributed by atoms with E-state index in [2.05, 4.69) is 58.2 Å². The minimum absolute atomic E-state index is 0. The summed E-state index contributed by atoms with van der Waals surface area (Å²) >= 11 is 0. The molecular formula is C27H33N7O. The van der Waals surface area contributed by atoms with Gasteiger partial charge in [-0.05, 0) is 57.0 Å². The van der Waals surface area contributed by atoms with Gasteiger partial charge in [0.05, 0.1) is 0 Å². The number of nitriles is 1. The first-order valence-corrected chi connectivity index (χ1v) is 12.6. The van der Waals surface area contributed by atoms with Crippen molar-refractivity contribution >= 4 is 28.4 Å². The number of rotatable bonds is 5. The summed E-state index contributed by atoms with van der Waals surface area (Å²) in [6, 6.07) is 12.8. The van der Waals surface area contributed by atoms with Crippen molar-refractivity contribution in [3.05, 3.63) is 52.4 Å². The molecule has 0 atom stereocenters. The van der Waals surface area contributed by atoms with Gasteiger partial charge >= 0.3 is 0 Å². The van der Waals surface area contributed by atoms with Gasteiger partial charge in [-0.25, -0.2) is 4.98 Å². The molecule has 3 aromatic rings. The lowest BCUT2D eigenvalue weighted by atomic mass is 9.72. The quantitative estimate of drug-likeness (QED) is 0.593. The van der Waals surface area contributed by atoms with E-state index in [1.807, 2.05) is 6.07 Å². The Hall–Kier alpha value is -3.44. The fraction of sp³-hybridized carbons (Fsp3) is 0.481. The van der Waals surface area contributed by atoms with Crippen LogP contribution in [0.2, 0.25) is 0 Å². The zero-order valence-corrected chi connectivity index (χ0v) is 20.4. The summed E-state index contributed by atoms with van der Waals surface area (Å²) in [6.07, 6.45) is 5.75. The summed E-state index contributed by atoms with van der Waals surface area (Å²) < 4.78 is 1.72. The van der Waals surface area contributed by atoms with Crippen molar-refractivity contribution in [2.24, 2.45) is 5.41 Å². The van der Waals surface area contributed by atoms with Crippen LogP contribution in [0, 0.1) is 16.7 Å². The second-order valence-electron chi connectivity index (χ2n) is 10.8. The molecule has 8 heteroatoms. The maximum atomic E-state index is 13.0. The zero-order valence-electron chi connectivity index (χ0n) is 20.4. The molecule has 35 heavy (non-hydrogen) atoms. The average molecular weight is 472 g/mol. The summed E-state index contributed by atoms with van der Waals surface area (Å²) in [6.45, 7) is 9.21. The first-order valence-electron chi connectivity index (χ1n) is 12.6. The van der Waals surface area contributed by atoms with Crippen LogP contribution in [-0.4, -0.2) is 51.7 Å². The van der Waals surface area contributed by atoms with E-state index in [1.54, 1.807) is 16.8 Å². The van der Waals surface area contributed by atoms with Crippen molar-refractivity contribution in [2.75, 3.05) is 36.4 Å². The highest BCUT2D eigenvalue weighted by Crippen LogP contribution is 2.42. The first kappa shape index (κ1) is 22.1. The van der Waals surface area contributed by atoms with Gasteiger partial charge in [-0.1, -0.05) is 12.8 Å². The van der Waals surface area contributed by atoms with Gasteiger partial charge in [-0.3, -0.25) is 14.3 Å². The third-order valence-corrected chi connectivity index (χ3v) is 7.93. The maximum Gasteiger partial charge on any atom is 0.270 e. The summed E-state index contributed by atoms with van der Waals surface area (Å²) in [4.78, 5) is 27.1. The average Bonchev–Trinajstić information content (AvgIpc) is 3.32. The van der Waals surface area contributed by atoms with E-state index in [-0.39, 0.29) is 18.6 Å². The number of aromatic nitrogens is 3. The van der Waals surface area contributed by atoms with Crippen molar-refractivity contribution in [3.8, 4) is 6.07 Å². The molecule has 2 saturated heterocycles. The largest absolute Gasteiger partial charge is 0.370 e. The molecule has 0 bridgehead atoms. The molecule has 1 N–H and O–H groups in total. The maximum absolute atomic E-state index is 13.0. The van der Waals surface area contributed by atoms with Gasteiger partial charge in [-0.15, -0.1) is 0 Å². The Balaban J connectivity index is 0.00000267. The number of benzene rings is 1. The molecule has 3 aliphatic rings. The molecule has 1 aromatic carbocycles. The minimum Gasteiger partial charge on any atom is -0.370 e. The second kappa shape index (κ2) is 8.35. The molecule has 0 unspecified atom stereocenters. The van der Waals surface area contributed by atoms with Gasteiger partial charge < -0.3 is 10.2 Å². The van der Waals surface area contributed by atoms with Crippen LogP contribution in [0.15, 0.2) is 41.3 Å². The molecule has 4 heterocycles. The predicted octanol–water partition coefficient (Wildman–Crippen LogP) is 4.30. The smallest absolute Gasteiger partial charge is 0.270 e. The second-order valence-corrected chi connectivity index (χ2v) is 10.8. The number of hydrogen-bond donors (Lipinski definition) is 1. The van der Waals surface area contributed by atoms with Gasteiger partial charge in [0.1, 0.15) is 17.3 Å². The molecule has 1 saturated carbocycles. The third kappa shape index (κ3) is 3.84. The molecule has 1 aliphatic carbocycles. The van der Waals surface area contributed by atoms with Gasteiger partial charge in [0, 0.05) is 68.1 Å². The first-order chi connectivity index (χ1) is 16.9. The van der Waals surface area contributed by atoms with Crippen LogP contribution in [0.3, 0.4) is 0 Å². The van der Waals surface area contributed by atoms with Crippen LogP contribution in [0.25, 0.3) is 11.0 Å². The Labute approximate surface area is 206 Å². The van der Waals surface area contributed by atoms with Gasteiger partial charge in [0.15, 0.2) is 0 Å².